The highest BCUT2D eigenvalue weighted by Gasteiger charge is 2.23. The Morgan fingerprint density at radius 1 is 0.974 bits per heavy atom. The molecule has 38 heavy (non-hydrogen) atoms. The van der Waals surface area contributed by atoms with Gasteiger partial charge in [-0.3, -0.25) is 9.80 Å². The first-order chi connectivity index (χ1) is 18.7. The highest BCUT2D eigenvalue weighted by Crippen LogP contribution is 2.36. The van der Waals surface area contributed by atoms with Crippen LogP contribution < -0.4 is 4.90 Å². The SMILES string of the molecule is CCN(CC)CCN1CCN(Cc2cc3nc(-c4cccc5[nH]ccc45)nc(N4CCOCC4)c3s2)CC1. The van der Waals surface area contributed by atoms with Crippen LogP contribution in [0.5, 0.6) is 0 Å². The Labute approximate surface area is 229 Å². The highest BCUT2D eigenvalue weighted by molar-refractivity contribution is 7.19. The first-order valence-electron chi connectivity index (χ1n) is 14.1. The average molecular weight is 534 g/mol. The zero-order chi connectivity index (χ0) is 25.9. The Morgan fingerprint density at radius 3 is 2.55 bits per heavy atom. The molecule has 2 fully saturated rings. The third-order valence-electron chi connectivity index (χ3n) is 8.02. The largest absolute Gasteiger partial charge is 0.378 e. The second-order valence-corrected chi connectivity index (χ2v) is 11.4. The van der Waals surface area contributed by atoms with E-state index in [1.165, 1.54) is 22.7 Å². The van der Waals surface area contributed by atoms with Gasteiger partial charge in [-0.15, -0.1) is 11.3 Å². The highest BCUT2D eigenvalue weighted by atomic mass is 32.1. The van der Waals surface area contributed by atoms with Crippen molar-refractivity contribution in [3.63, 3.8) is 0 Å². The molecule has 8 nitrogen and oxygen atoms in total. The van der Waals surface area contributed by atoms with E-state index in [0.29, 0.717) is 0 Å². The molecule has 9 heteroatoms. The van der Waals surface area contributed by atoms with Crippen LogP contribution in [-0.4, -0.2) is 108 Å². The molecule has 0 saturated carbocycles. The van der Waals surface area contributed by atoms with Crippen LogP contribution in [0.4, 0.5) is 5.82 Å². The molecule has 0 atom stereocenters. The molecule has 0 aliphatic carbocycles. The monoisotopic (exact) mass is 533 g/mol. The summed E-state index contributed by atoms with van der Waals surface area (Å²) in [4.78, 5) is 25.1. The molecule has 2 aliphatic rings. The van der Waals surface area contributed by atoms with E-state index < -0.39 is 0 Å². The van der Waals surface area contributed by atoms with Gasteiger partial charge in [-0.05, 0) is 31.3 Å². The summed E-state index contributed by atoms with van der Waals surface area (Å²) in [5.41, 5.74) is 3.25. The molecular weight excluding hydrogens is 494 g/mol. The van der Waals surface area contributed by atoms with Gasteiger partial charge in [0.2, 0.25) is 0 Å². The number of piperazine rings is 1. The van der Waals surface area contributed by atoms with Crippen molar-refractivity contribution in [3.8, 4) is 11.4 Å². The molecule has 2 saturated heterocycles. The lowest BCUT2D eigenvalue weighted by Crippen LogP contribution is -2.47. The third kappa shape index (κ3) is 5.44. The minimum absolute atomic E-state index is 0.741. The number of likely N-dealkylation sites (N-methyl/N-ethyl adjacent to an activating group) is 1. The second kappa shape index (κ2) is 11.7. The molecule has 3 aromatic heterocycles. The molecule has 0 spiro atoms. The topological polar surface area (TPSA) is 63.8 Å². The number of hydrogen-bond donors (Lipinski definition) is 1. The minimum atomic E-state index is 0.741. The Bertz CT molecular complexity index is 1350. The van der Waals surface area contributed by atoms with Gasteiger partial charge >= 0.3 is 0 Å². The van der Waals surface area contributed by atoms with Crippen molar-refractivity contribution in [2.24, 2.45) is 0 Å². The lowest BCUT2D eigenvalue weighted by Gasteiger charge is -2.35. The number of thiophene rings is 1. The summed E-state index contributed by atoms with van der Waals surface area (Å²) < 4.78 is 6.85. The number of nitrogens with one attached hydrogen (secondary N) is 1. The molecule has 0 unspecified atom stereocenters. The van der Waals surface area contributed by atoms with Crippen LogP contribution in [-0.2, 0) is 11.3 Å². The van der Waals surface area contributed by atoms with Crippen molar-refractivity contribution < 1.29 is 4.74 Å². The van der Waals surface area contributed by atoms with Gasteiger partial charge in [-0.2, -0.15) is 0 Å². The zero-order valence-electron chi connectivity index (χ0n) is 22.7. The predicted molar refractivity (Wildman–Crippen MR) is 157 cm³/mol. The summed E-state index contributed by atoms with van der Waals surface area (Å²) in [6.45, 7) is 17.9. The van der Waals surface area contributed by atoms with E-state index in [1.807, 2.05) is 17.5 Å². The fraction of sp³-hybridized carbons (Fsp3) is 0.517. The molecule has 0 bridgehead atoms. The Hall–Kier alpha value is -2.56. The lowest BCUT2D eigenvalue weighted by molar-refractivity contribution is 0.116. The predicted octanol–water partition coefficient (Wildman–Crippen LogP) is 4.14. The van der Waals surface area contributed by atoms with Gasteiger partial charge in [0.1, 0.15) is 0 Å². The van der Waals surface area contributed by atoms with Crippen molar-refractivity contribution in [1.82, 2.24) is 29.7 Å². The van der Waals surface area contributed by atoms with Crippen molar-refractivity contribution in [2.45, 2.75) is 20.4 Å². The first-order valence-corrected chi connectivity index (χ1v) is 14.9. The fourth-order valence-corrected chi connectivity index (χ4v) is 6.80. The minimum Gasteiger partial charge on any atom is -0.378 e. The van der Waals surface area contributed by atoms with E-state index in [-0.39, 0.29) is 0 Å². The Kier molecular flexibility index (Phi) is 7.90. The van der Waals surface area contributed by atoms with Crippen LogP contribution in [0.1, 0.15) is 18.7 Å². The molecule has 4 aromatic rings. The van der Waals surface area contributed by atoms with Gasteiger partial charge in [0.15, 0.2) is 11.6 Å². The molecular formula is C29H39N7OS. The van der Waals surface area contributed by atoms with E-state index in [0.717, 1.165) is 106 Å². The smallest absolute Gasteiger partial charge is 0.162 e. The number of ether oxygens (including phenoxy) is 1. The van der Waals surface area contributed by atoms with E-state index >= 15 is 0 Å². The fourth-order valence-electron chi connectivity index (χ4n) is 5.65. The first kappa shape index (κ1) is 25.7. The summed E-state index contributed by atoms with van der Waals surface area (Å²) in [7, 11) is 0. The molecule has 0 amide bonds. The van der Waals surface area contributed by atoms with Gasteiger partial charge in [0.25, 0.3) is 0 Å². The molecule has 1 N–H and O–H groups in total. The van der Waals surface area contributed by atoms with Crippen molar-refractivity contribution in [3.05, 3.63) is 41.4 Å². The van der Waals surface area contributed by atoms with E-state index in [1.54, 1.807) is 0 Å². The summed E-state index contributed by atoms with van der Waals surface area (Å²) in [5.74, 6) is 1.86. The average Bonchev–Trinajstić information content (AvgIpc) is 3.61. The number of morpholine rings is 1. The quantitative estimate of drug-likeness (QED) is 0.347. The molecule has 2 aliphatic heterocycles. The van der Waals surface area contributed by atoms with Crippen LogP contribution in [0.25, 0.3) is 32.5 Å². The summed E-state index contributed by atoms with van der Waals surface area (Å²) >= 11 is 1.87. The van der Waals surface area contributed by atoms with Crippen molar-refractivity contribution in [2.75, 3.05) is 83.6 Å². The third-order valence-corrected chi connectivity index (χ3v) is 9.13. The Balaban J connectivity index is 1.23. The van der Waals surface area contributed by atoms with Crippen LogP contribution >= 0.6 is 11.3 Å². The lowest BCUT2D eigenvalue weighted by atomic mass is 10.1. The van der Waals surface area contributed by atoms with E-state index in [9.17, 15) is 0 Å². The number of aromatic amines is 1. The van der Waals surface area contributed by atoms with Crippen molar-refractivity contribution in [1.29, 1.82) is 0 Å². The number of anilines is 1. The summed E-state index contributed by atoms with van der Waals surface area (Å²) in [5, 5.41) is 1.16. The number of rotatable bonds is 9. The molecule has 0 radical (unpaired) electrons. The standard InChI is InChI=1S/C29H39N7OS/c1-3-33(4-2)10-11-34-12-14-35(15-13-34)21-22-20-26-27(38-22)29(36-16-18-37-19-17-36)32-28(31-26)24-6-5-7-25-23(24)8-9-30-25/h5-9,20,30H,3-4,10-19,21H2,1-2H3. The second-order valence-electron chi connectivity index (χ2n) is 10.3. The summed E-state index contributed by atoms with van der Waals surface area (Å²) in [6.07, 6.45) is 1.99. The number of hydrogen-bond acceptors (Lipinski definition) is 8. The van der Waals surface area contributed by atoms with Crippen LogP contribution in [0.3, 0.4) is 0 Å². The maximum Gasteiger partial charge on any atom is 0.162 e. The zero-order valence-corrected chi connectivity index (χ0v) is 23.5. The molecule has 5 heterocycles. The number of nitrogens with zero attached hydrogens (tertiary/aromatic N) is 6. The van der Waals surface area contributed by atoms with E-state index in [4.69, 9.17) is 14.7 Å². The van der Waals surface area contributed by atoms with Crippen LogP contribution in [0, 0.1) is 0 Å². The van der Waals surface area contributed by atoms with Gasteiger partial charge in [0.05, 0.1) is 23.4 Å². The van der Waals surface area contributed by atoms with Gasteiger partial charge in [0, 0.05) is 86.4 Å². The maximum atomic E-state index is 5.65. The summed E-state index contributed by atoms with van der Waals surface area (Å²) in [6, 6.07) is 10.7. The number of benzene rings is 1. The number of aromatic nitrogens is 3. The van der Waals surface area contributed by atoms with E-state index in [2.05, 4.69) is 68.8 Å². The maximum absolute atomic E-state index is 5.65. The van der Waals surface area contributed by atoms with Gasteiger partial charge in [-0.1, -0.05) is 26.0 Å². The Morgan fingerprint density at radius 2 is 1.76 bits per heavy atom. The van der Waals surface area contributed by atoms with Crippen molar-refractivity contribution >= 4 is 38.3 Å². The normalized spacial score (nSPS) is 17.8. The molecule has 6 rings (SSSR count). The molecule has 202 valence electrons. The van der Waals surface area contributed by atoms with Crippen LogP contribution in [0.15, 0.2) is 36.5 Å². The van der Waals surface area contributed by atoms with Crippen LogP contribution in [0.2, 0.25) is 0 Å². The number of fused-ring (bicyclic) bond motifs is 2. The van der Waals surface area contributed by atoms with Gasteiger partial charge in [-0.25, -0.2) is 9.97 Å². The number of H-pyrrole nitrogens is 1. The van der Waals surface area contributed by atoms with Gasteiger partial charge < -0.3 is 19.5 Å². The molecule has 1 aromatic carbocycles.